The van der Waals surface area contributed by atoms with Gasteiger partial charge in [-0.3, -0.25) is 4.79 Å². The van der Waals surface area contributed by atoms with Crippen molar-refractivity contribution in [1.29, 1.82) is 0 Å². The fourth-order valence-electron chi connectivity index (χ4n) is 1.75. The third-order valence-corrected chi connectivity index (χ3v) is 2.92. The molecule has 0 spiro atoms. The van der Waals surface area contributed by atoms with Gasteiger partial charge in [0.2, 0.25) is 0 Å². The molecule has 0 aliphatic carbocycles. The SMILES string of the molecule is O=C(c1c(O)cccc1Cl)N1CCNCC1. The zero-order valence-electron chi connectivity index (χ0n) is 8.74. The number of carbonyl (C=O) groups is 1. The van der Waals surface area contributed by atoms with E-state index in [1.54, 1.807) is 17.0 Å². The van der Waals surface area contributed by atoms with Crippen LogP contribution in [-0.4, -0.2) is 42.1 Å². The Kier molecular flexibility index (Phi) is 3.31. The minimum atomic E-state index is -0.204. The van der Waals surface area contributed by atoms with Gasteiger partial charge in [0.15, 0.2) is 0 Å². The molecule has 2 rings (SSSR count). The molecule has 86 valence electrons. The van der Waals surface area contributed by atoms with E-state index >= 15 is 0 Å². The number of halogens is 1. The van der Waals surface area contributed by atoms with Gasteiger partial charge in [-0.25, -0.2) is 0 Å². The Morgan fingerprint density at radius 1 is 1.38 bits per heavy atom. The van der Waals surface area contributed by atoms with E-state index in [-0.39, 0.29) is 17.2 Å². The highest BCUT2D eigenvalue weighted by molar-refractivity contribution is 6.34. The van der Waals surface area contributed by atoms with Crippen molar-refractivity contribution in [3.8, 4) is 5.75 Å². The molecule has 0 aromatic heterocycles. The molecule has 1 aromatic carbocycles. The lowest BCUT2D eigenvalue weighted by Crippen LogP contribution is -2.46. The van der Waals surface area contributed by atoms with Crippen LogP contribution in [0.25, 0.3) is 0 Å². The summed E-state index contributed by atoms with van der Waals surface area (Å²) in [4.78, 5) is 13.8. The van der Waals surface area contributed by atoms with Crippen LogP contribution in [0.3, 0.4) is 0 Å². The van der Waals surface area contributed by atoms with Crippen molar-refractivity contribution in [3.05, 3.63) is 28.8 Å². The Hall–Kier alpha value is -1.26. The standard InChI is InChI=1S/C11H13ClN2O2/c12-8-2-1-3-9(15)10(8)11(16)14-6-4-13-5-7-14/h1-3,13,15H,4-7H2. The third-order valence-electron chi connectivity index (χ3n) is 2.61. The van der Waals surface area contributed by atoms with Crippen molar-refractivity contribution >= 4 is 17.5 Å². The summed E-state index contributed by atoms with van der Waals surface area (Å²) in [5.74, 6) is -0.263. The minimum Gasteiger partial charge on any atom is -0.507 e. The first-order chi connectivity index (χ1) is 7.70. The van der Waals surface area contributed by atoms with Gasteiger partial charge < -0.3 is 15.3 Å². The molecular formula is C11H13ClN2O2. The lowest BCUT2D eigenvalue weighted by Gasteiger charge is -2.27. The fourth-order valence-corrected chi connectivity index (χ4v) is 2.00. The first kappa shape index (κ1) is 11.2. The number of rotatable bonds is 1. The number of hydrogen-bond donors (Lipinski definition) is 2. The van der Waals surface area contributed by atoms with Crippen LogP contribution >= 0.6 is 11.6 Å². The summed E-state index contributed by atoms with van der Waals surface area (Å²) in [7, 11) is 0. The average Bonchev–Trinajstić information content (AvgIpc) is 2.30. The summed E-state index contributed by atoms with van der Waals surface area (Å²) < 4.78 is 0. The van der Waals surface area contributed by atoms with Crippen LogP contribution in [0.2, 0.25) is 5.02 Å². The number of carbonyl (C=O) groups excluding carboxylic acids is 1. The summed E-state index contributed by atoms with van der Waals surface area (Å²) in [6.07, 6.45) is 0. The van der Waals surface area contributed by atoms with E-state index in [4.69, 9.17) is 11.6 Å². The molecule has 0 radical (unpaired) electrons. The van der Waals surface area contributed by atoms with Crippen molar-refractivity contribution in [2.24, 2.45) is 0 Å². The molecule has 1 heterocycles. The van der Waals surface area contributed by atoms with Crippen LogP contribution in [0.15, 0.2) is 18.2 Å². The summed E-state index contributed by atoms with van der Waals surface area (Å²) in [6.45, 7) is 2.83. The summed E-state index contributed by atoms with van der Waals surface area (Å²) >= 11 is 5.92. The molecule has 1 aliphatic rings. The molecule has 0 bridgehead atoms. The van der Waals surface area contributed by atoms with Gasteiger partial charge in [-0.05, 0) is 12.1 Å². The number of amides is 1. The molecule has 2 N–H and O–H groups in total. The maximum atomic E-state index is 12.1. The number of phenolic OH excluding ortho intramolecular Hbond substituents is 1. The van der Waals surface area contributed by atoms with Crippen LogP contribution in [0.4, 0.5) is 0 Å². The second kappa shape index (κ2) is 4.72. The number of aromatic hydroxyl groups is 1. The zero-order valence-corrected chi connectivity index (χ0v) is 9.50. The highest BCUT2D eigenvalue weighted by Crippen LogP contribution is 2.26. The van der Waals surface area contributed by atoms with E-state index < -0.39 is 0 Å². The second-order valence-corrected chi connectivity index (χ2v) is 4.08. The highest BCUT2D eigenvalue weighted by Gasteiger charge is 2.22. The number of nitrogens with one attached hydrogen (secondary N) is 1. The Morgan fingerprint density at radius 3 is 2.69 bits per heavy atom. The average molecular weight is 241 g/mol. The summed E-state index contributed by atoms with van der Waals surface area (Å²) in [6, 6.07) is 4.70. The van der Waals surface area contributed by atoms with Gasteiger partial charge in [-0.15, -0.1) is 0 Å². The normalized spacial score (nSPS) is 16.2. The predicted molar refractivity (Wildman–Crippen MR) is 61.9 cm³/mol. The molecule has 4 nitrogen and oxygen atoms in total. The Morgan fingerprint density at radius 2 is 2.06 bits per heavy atom. The predicted octanol–water partition coefficient (Wildman–Crippen LogP) is 1.09. The van der Waals surface area contributed by atoms with E-state index in [9.17, 15) is 9.90 Å². The first-order valence-electron chi connectivity index (χ1n) is 5.17. The molecule has 0 saturated carbocycles. The smallest absolute Gasteiger partial charge is 0.259 e. The first-order valence-corrected chi connectivity index (χ1v) is 5.55. The van der Waals surface area contributed by atoms with Crippen LogP contribution in [-0.2, 0) is 0 Å². The maximum absolute atomic E-state index is 12.1. The van der Waals surface area contributed by atoms with Gasteiger partial charge in [-0.2, -0.15) is 0 Å². The third kappa shape index (κ3) is 2.13. The molecule has 1 fully saturated rings. The Balaban J connectivity index is 2.26. The van der Waals surface area contributed by atoms with E-state index in [0.29, 0.717) is 18.1 Å². The molecule has 1 saturated heterocycles. The molecule has 0 atom stereocenters. The van der Waals surface area contributed by atoms with Gasteiger partial charge in [0, 0.05) is 26.2 Å². The topological polar surface area (TPSA) is 52.6 Å². The van der Waals surface area contributed by atoms with Crippen molar-refractivity contribution in [1.82, 2.24) is 10.2 Å². The van der Waals surface area contributed by atoms with Gasteiger partial charge in [0.25, 0.3) is 5.91 Å². The number of phenols is 1. The maximum Gasteiger partial charge on any atom is 0.259 e. The lowest BCUT2D eigenvalue weighted by molar-refractivity contribution is 0.0733. The van der Waals surface area contributed by atoms with Crippen molar-refractivity contribution < 1.29 is 9.90 Å². The second-order valence-electron chi connectivity index (χ2n) is 3.68. The Labute approximate surface area is 98.8 Å². The number of benzene rings is 1. The van der Waals surface area contributed by atoms with Gasteiger partial charge in [0.05, 0.1) is 10.6 Å². The quantitative estimate of drug-likeness (QED) is 0.773. The Bertz CT molecular complexity index is 383. The summed E-state index contributed by atoms with van der Waals surface area (Å²) in [5.41, 5.74) is 0.200. The van der Waals surface area contributed by atoms with E-state index in [1.165, 1.54) is 6.07 Å². The highest BCUT2D eigenvalue weighted by atomic mass is 35.5. The lowest BCUT2D eigenvalue weighted by atomic mass is 10.1. The van der Waals surface area contributed by atoms with Crippen molar-refractivity contribution in [3.63, 3.8) is 0 Å². The molecule has 1 aliphatic heterocycles. The molecule has 16 heavy (non-hydrogen) atoms. The molecule has 5 heteroatoms. The number of hydrogen-bond acceptors (Lipinski definition) is 3. The van der Waals surface area contributed by atoms with Crippen LogP contribution in [0.1, 0.15) is 10.4 Å². The van der Waals surface area contributed by atoms with Crippen LogP contribution < -0.4 is 5.32 Å². The van der Waals surface area contributed by atoms with Crippen LogP contribution in [0, 0.1) is 0 Å². The monoisotopic (exact) mass is 240 g/mol. The molecule has 0 unspecified atom stereocenters. The van der Waals surface area contributed by atoms with Gasteiger partial charge in [0.1, 0.15) is 5.75 Å². The number of piperazine rings is 1. The molecule has 1 amide bonds. The van der Waals surface area contributed by atoms with Crippen molar-refractivity contribution in [2.45, 2.75) is 0 Å². The summed E-state index contributed by atoms with van der Waals surface area (Å²) in [5, 5.41) is 13.1. The zero-order chi connectivity index (χ0) is 11.5. The van der Waals surface area contributed by atoms with Gasteiger partial charge in [-0.1, -0.05) is 17.7 Å². The van der Waals surface area contributed by atoms with E-state index in [1.807, 2.05) is 0 Å². The van der Waals surface area contributed by atoms with Crippen molar-refractivity contribution in [2.75, 3.05) is 26.2 Å². The van der Waals surface area contributed by atoms with Gasteiger partial charge >= 0.3 is 0 Å². The largest absolute Gasteiger partial charge is 0.507 e. The number of nitrogens with zero attached hydrogens (tertiary/aromatic N) is 1. The molecular weight excluding hydrogens is 228 g/mol. The van der Waals surface area contributed by atoms with E-state index in [0.717, 1.165) is 13.1 Å². The molecule has 1 aromatic rings. The fraction of sp³-hybridized carbons (Fsp3) is 0.364. The van der Waals surface area contributed by atoms with Crippen LogP contribution in [0.5, 0.6) is 5.75 Å². The minimum absolute atomic E-state index is 0.0592. The van der Waals surface area contributed by atoms with E-state index in [2.05, 4.69) is 5.32 Å².